The molecule has 0 aromatic carbocycles. The molecular formula is C42H81NO7. The van der Waals surface area contributed by atoms with E-state index >= 15 is 0 Å². The fraction of sp³-hybridized carbons (Fsp3) is 0.929. The van der Waals surface area contributed by atoms with Crippen molar-refractivity contribution < 1.29 is 33.3 Å². The molecule has 0 aromatic heterocycles. The van der Waals surface area contributed by atoms with Gasteiger partial charge in [-0.2, -0.15) is 0 Å². The highest BCUT2D eigenvalue weighted by Gasteiger charge is 2.22. The summed E-state index contributed by atoms with van der Waals surface area (Å²) in [5, 5.41) is 2.84. The minimum Gasteiger partial charge on any atom is -0.463 e. The Balaban J connectivity index is 4.30. The Labute approximate surface area is 308 Å². The lowest BCUT2D eigenvalue weighted by molar-refractivity contribution is -0.150. The number of hydrogen-bond donors (Lipinski definition) is 1. The zero-order valence-electron chi connectivity index (χ0n) is 33.5. The van der Waals surface area contributed by atoms with Crippen LogP contribution in [0, 0.1) is 0 Å². The lowest BCUT2D eigenvalue weighted by Gasteiger charge is -2.22. The van der Waals surface area contributed by atoms with Crippen LogP contribution in [0.15, 0.2) is 0 Å². The average Bonchev–Trinajstić information content (AvgIpc) is 3.11. The van der Waals surface area contributed by atoms with Crippen molar-refractivity contribution in [2.24, 2.45) is 0 Å². The van der Waals surface area contributed by atoms with Crippen molar-refractivity contribution in [1.82, 2.24) is 5.32 Å². The lowest BCUT2D eigenvalue weighted by Crippen LogP contribution is -2.47. The molecule has 0 heterocycles. The fourth-order valence-corrected chi connectivity index (χ4v) is 5.98. The Morgan fingerprint density at radius 1 is 0.480 bits per heavy atom. The van der Waals surface area contributed by atoms with E-state index in [1.807, 2.05) is 6.92 Å². The first-order valence-electron chi connectivity index (χ1n) is 21.1. The Kier molecular flexibility index (Phi) is 35.9. The molecule has 2 unspecified atom stereocenters. The van der Waals surface area contributed by atoms with Crippen molar-refractivity contribution >= 4 is 17.8 Å². The molecule has 0 saturated carbocycles. The first-order valence-corrected chi connectivity index (χ1v) is 21.1. The summed E-state index contributed by atoms with van der Waals surface area (Å²) in [4.78, 5) is 37.8. The highest BCUT2D eigenvalue weighted by Crippen LogP contribution is 2.15. The summed E-state index contributed by atoms with van der Waals surface area (Å²) >= 11 is 0. The van der Waals surface area contributed by atoms with E-state index < -0.39 is 12.1 Å². The van der Waals surface area contributed by atoms with Crippen molar-refractivity contribution in [2.75, 3.05) is 26.9 Å². The summed E-state index contributed by atoms with van der Waals surface area (Å²) in [6.07, 6.45) is 32.3. The van der Waals surface area contributed by atoms with E-state index in [-0.39, 0.29) is 43.8 Å². The van der Waals surface area contributed by atoms with E-state index in [2.05, 4.69) is 19.2 Å². The first kappa shape index (κ1) is 48.3. The maximum Gasteiger partial charge on any atom is 0.305 e. The van der Waals surface area contributed by atoms with Crippen LogP contribution < -0.4 is 5.32 Å². The molecule has 0 spiro atoms. The molecule has 50 heavy (non-hydrogen) atoms. The smallest absolute Gasteiger partial charge is 0.305 e. The van der Waals surface area contributed by atoms with Crippen LogP contribution in [0.1, 0.15) is 207 Å². The minimum absolute atomic E-state index is 0.0454. The van der Waals surface area contributed by atoms with Crippen LogP contribution in [0.2, 0.25) is 0 Å². The fourth-order valence-electron chi connectivity index (χ4n) is 5.98. The van der Waals surface area contributed by atoms with Gasteiger partial charge in [0.2, 0.25) is 5.91 Å². The number of hydrogen-bond acceptors (Lipinski definition) is 7. The van der Waals surface area contributed by atoms with Crippen molar-refractivity contribution in [3.8, 4) is 0 Å². The van der Waals surface area contributed by atoms with Gasteiger partial charge in [0.25, 0.3) is 0 Å². The molecule has 1 N–H and O–H groups in total. The third-order valence-corrected chi connectivity index (χ3v) is 9.56. The topological polar surface area (TPSA) is 100 Å². The van der Waals surface area contributed by atoms with Gasteiger partial charge in [0.05, 0.1) is 18.8 Å². The Morgan fingerprint density at radius 3 is 1.12 bits per heavy atom. The number of ether oxygens (including phenoxy) is 4. The molecule has 0 aliphatic rings. The quantitative estimate of drug-likeness (QED) is 0.0502. The van der Waals surface area contributed by atoms with Crippen molar-refractivity contribution in [2.45, 2.75) is 226 Å². The molecule has 0 saturated heterocycles. The van der Waals surface area contributed by atoms with Crippen LogP contribution in [-0.2, 0) is 33.3 Å². The summed E-state index contributed by atoms with van der Waals surface area (Å²) in [6, 6.07) is -0.639. The standard InChI is InChI=1S/C42H81NO7/c1-6-8-10-12-14-16-18-20-22-24-26-28-30-32-40(44)49-35-39(43-42(46)38(4)48-34-37(3)47-5)36-50-41(45)33-31-29-27-25-23-21-19-17-15-13-11-9-7-2/h37-39H,6-36H2,1-5H3,(H,43,46). The number of rotatable bonds is 38. The third kappa shape index (κ3) is 33.5. The number of amides is 1. The largest absolute Gasteiger partial charge is 0.463 e. The van der Waals surface area contributed by atoms with Crippen LogP contribution in [0.5, 0.6) is 0 Å². The molecule has 8 heteroatoms. The zero-order chi connectivity index (χ0) is 36.9. The molecule has 1 amide bonds. The van der Waals surface area contributed by atoms with Gasteiger partial charge in [-0.05, 0) is 26.7 Å². The first-order chi connectivity index (χ1) is 24.3. The van der Waals surface area contributed by atoms with E-state index in [9.17, 15) is 14.4 Å². The summed E-state index contributed by atoms with van der Waals surface area (Å²) in [7, 11) is 1.59. The van der Waals surface area contributed by atoms with Crippen LogP contribution in [0.4, 0.5) is 0 Å². The second-order valence-electron chi connectivity index (χ2n) is 14.6. The molecule has 2 atom stereocenters. The van der Waals surface area contributed by atoms with Gasteiger partial charge in [0.15, 0.2) is 0 Å². The SMILES string of the molecule is CCCCCCCCCCCCCCCC(=O)OCC(COC(=O)CCCCCCCCCCCCCCC)NC(=O)C(C)OCC(C)OC. The Morgan fingerprint density at radius 2 is 0.800 bits per heavy atom. The predicted octanol–water partition coefficient (Wildman–Crippen LogP) is 11.0. The van der Waals surface area contributed by atoms with E-state index in [4.69, 9.17) is 18.9 Å². The monoisotopic (exact) mass is 712 g/mol. The summed E-state index contributed by atoms with van der Waals surface area (Å²) in [5.74, 6) is -0.925. The normalized spacial score (nSPS) is 12.6. The molecule has 0 aliphatic carbocycles. The number of methoxy groups -OCH3 is 1. The number of esters is 2. The van der Waals surface area contributed by atoms with Gasteiger partial charge in [-0.25, -0.2) is 0 Å². The number of unbranched alkanes of at least 4 members (excludes halogenated alkanes) is 24. The molecule has 296 valence electrons. The summed E-state index contributed by atoms with van der Waals surface area (Å²) in [6.45, 7) is 8.22. The Hall–Kier alpha value is -1.67. The predicted molar refractivity (Wildman–Crippen MR) is 206 cm³/mol. The molecule has 0 rings (SSSR count). The van der Waals surface area contributed by atoms with Gasteiger partial charge in [-0.15, -0.1) is 0 Å². The van der Waals surface area contributed by atoms with Crippen LogP contribution in [-0.4, -0.2) is 63.0 Å². The number of nitrogens with one attached hydrogen (secondary N) is 1. The van der Waals surface area contributed by atoms with Crippen LogP contribution >= 0.6 is 0 Å². The van der Waals surface area contributed by atoms with Gasteiger partial charge < -0.3 is 24.3 Å². The maximum absolute atomic E-state index is 12.8. The van der Waals surface area contributed by atoms with Crippen LogP contribution in [0.3, 0.4) is 0 Å². The second kappa shape index (κ2) is 37.1. The van der Waals surface area contributed by atoms with E-state index in [0.29, 0.717) is 12.8 Å². The molecular weight excluding hydrogens is 630 g/mol. The third-order valence-electron chi connectivity index (χ3n) is 9.56. The molecule has 0 radical (unpaired) electrons. The Bertz CT molecular complexity index is 731. The van der Waals surface area contributed by atoms with E-state index in [1.54, 1.807) is 14.0 Å². The van der Waals surface area contributed by atoms with E-state index in [0.717, 1.165) is 38.5 Å². The van der Waals surface area contributed by atoms with Crippen molar-refractivity contribution in [3.63, 3.8) is 0 Å². The number of carbonyl (C=O) groups is 3. The number of carbonyl (C=O) groups excluding carboxylic acids is 3. The van der Waals surface area contributed by atoms with Crippen molar-refractivity contribution in [1.29, 1.82) is 0 Å². The van der Waals surface area contributed by atoms with E-state index in [1.165, 1.54) is 128 Å². The minimum atomic E-state index is -0.724. The van der Waals surface area contributed by atoms with Gasteiger partial charge in [-0.1, -0.05) is 168 Å². The average molecular weight is 712 g/mol. The molecule has 0 bridgehead atoms. The van der Waals surface area contributed by atoms with Gasteiger partial charge in [0, 0.05) is 20.0 Å². The molecule has 0 fully saturated rings. The zero-order valence-corrected chi connectivity index (χ0v) is 33.5. The molecule has 0 aliphatic heterocycles. The maximum atomic E-state index is 12.8. The highest BCUT2D eigenvalue weighted by atomic mass is 16.6. The van der Waals surface area contributed by atoms with Gasteiger partial charge in [-0.3, -0.25) is 14.4 Å². The molecule has 8 nitrogen and oxygen atoms in total. The summed E-state index contributed by atoms with van der Waals surface area (Å²) in [5.41, 5.74) is 0. The summed E-state index contributed by atoms with van der Waals surface area (Å²) < 4.78 is 21.8. The van der Waals surface area contributed by atoms with Crippen LogP contribution in [0.25, 0.3) is 0 Å². The van der Waals surface area contributed by atoms with Gasteiger partial charge in [0.1, 0.15) is 19.3 Å². The van der Waals surface area contributed by atoms with Gasteiger partial charge >= 0.3 is 11.9 Å². The van der Waals surface area contributed by atoms with Crippen molar-refractivity contribution in [3.05, 3.63) is 0 Å². The highest BCUT2D eigenvalue weighted by molar-refractivity contribution is 5.80. The molecule has 0 aromatic rings. The lowest BCUT2D eigenvalue weighted by atomic mass is 10.0. The second-order valence-corrected chi connectivity index (χ2v) is 14.6.